The van der Waals surface area contributed by atoms with E-state index in [0.717, 1.165) is 6.26 Å². The molecule has 4 N–H and O–H groups in total. The second-order valence-corrected chi connectivity index (χ2v) is 5.43. The van der Waals surface area contributed by atoms with Gasteiger partial charge in [0.2, 0.25) is 5.96 Å². The summed E-state index contributed by atoms with van der Waals surface area (Å²) in [5.41, 5.74) is 10.6. The lowest BCUT2D eigenvalue weighted by Gasteiger charge is -2.06. The Kier molecular flexibility index (Phi) is 4.27. The van der Waals surface area contributed by atoms with Gasteiger partial charge >= 0.3 is 0 Å². The molecule has 0 atom stereocenters. The number of guanidine groups is 1. The standard InChI is InChI=1S/C10H14N4O3S/c1-17-8-4-3-7(6-13-14-10(11)12)9(5-8)18(2,15)16/h3-6H,1-2H3,(H4,11,12,14). The van der Waals surface area contributed by atoms with E-state index in [2.05, 4.69) is 10.2 Å². The first-order chi connectivity index (χ1) is 8.34. The lowest BCUT2D eigenvalue weighted by molar-refractivity contribution is 0.413. The molecule has 18 heavy (non-hydrogen) atoms. The van der Waals surface area contributed by atoms with Crippen LogP contribution in [-0.4, -0.2) is 34.0 Å². The fourth-order valence-electron chi connectivity index (χ4n) is 1.23. The molecule has 0 heterocycles. The van der Waals surface area contributed by atoms with Crippen LogP contribution in [0.1, 0.15) is 5.56 Å². The van der Waals surface area contributed by atoms with Crippen molar-refractivity contribution in [3.05, 3.63) is 23.8 Å². The van der Waals surface area contributed by atoms with Gasteiger partial charge in [-0.3, -0.25) is 0 Å². The first kappa shape index (κ1) is 14.0. The van der Waals surface area contributed by atoms with Gasteiger partial charge in [-0.1, -0.05) is 0 Å². The topological polar surface area (TPSA) is 120 Å². The number of methoxy groups -OCH3 is 1. The highest BCUT2D eigenvalue weighted by molar-refractivity contribution is 7.90. The smallest absolute Gasteiger partial charge is 0.211 e. The molecular formula is C10H14N4O3S. The van der Waals surface area contributed by atoms with E-state index in [1.807, 2.05) is 0 Å². The van der Waals surface area contributed by atoms with Crippen molar-refractivity contribution in [2.75, 3.05) is 13.4 Å². The fourth-order valence-corrected chi connectivity index (χ4v) is 2.11. The minimum Gasteiger partial charge on any atom is -0.497 e. The SMILES string of the molecule is COc1ccc(C=NN=C(N)N)c(S(C)(=O)=O)c1. The Morgan fingerprint density at radius 1 is 1.39 bits per heavy atom. The predicted molar refractivity (Wildman–Crippen MR) is 69.5 cm³/mol. The van der Waals surface area contributed by atoms with Crippen LogP contribution in [0.4, 0.5) is 0 Å². The zero-order valence-corrected chi connectivity index (χ0v) is 10.8. The number of nitrogens with zero attached hydrogens (tertiary/aromatic N) is 2. The molecule has 1 rings (SSSR count). The number of ether oxygens (including phenoxy) is 1. The number of hydrogen-bond donors (Lipinski definition) is 2. The Morgan fingerprint density at radius 2 is 2.06 bits per heavy atom. The summed E-state index contributed by atoms with van der Waals surface area (Å²) in [6.07, 6.45) is 2.36. The van der Waals surface area contributed by atoms with Crippen molar-refractivity contribution in [2.45, 2.75) is 4.90 Å². The van der Waals surface area contributed by atoms with Crippen molar-refractivity contribution in [2.24, 2.45) is 21.7 Å². The second-order valence-electron chi connectivity index (χ2n) is 3.45. The Bertz CT molecular complexity index is 589. The Hall–Kier alpha value is -2.09. The molecule has 8 heteroatoms. The highest BCUT2D eigenvalue weighted by atomic mass is 32.2. The van der Waals surface area contributed by atoms with E-state index >= 15 is 0 Å². The summed E-state index contributed by atoms with van der Waals surface area (Å²) >= 11 is 0. The van der Waals surface area contributed by atoms with E-state index in [0.29, 0.717) is 11.3 Å². The van der Waals surface area contributed by atoms with Gasteiger partial charge in [0.05, 0.1) is 18.2 Å². The summed E-state index contributed by atoms with van der Waals surface area (Å²) in [5.74, 6) is 0.232. The van der Waals surface area contributed by atoms with Crippen LogP contribution in [0.25, 0.3) is 0 Å². The van der Waals surface area contributed by atoms with Gasteiger partial charge in [0.25, 0.3) is 0 Å². The van der Waals surface area contributed by atoms with Gasteiger partial charge in [-0.2, -0.15) is 5.10 Å². The first-order valence-corrected chi connectivity index (χ1v) is 6.74. The van der Waals surface area contributed by atoms with Crippen molar-refractivity contribution in [3.8, 4) is 5.75 Å². The number of benzene rings is 1. The Labute approximate surface area is 105 Å². The minimum absolute atomic E-state index is 0.0939. The summed E-state index contributed by atoms with van der Waals surface area (Å²) < 4.78 is 28.2. The fraction of sp³-hybridized carbons (Fsp3) is 0.200. The highest BCUT2D eigenvalue weighted by Gasteiger charge is 2.13. The number of hydrogen-bond acceptors (Lipinski definition) is 5. The molecule has 0 aliphatic carbocycles. The largest absolute Gasteiger partial charge is 0.497 e. The van der Waals surface area contributed by atoms with Gasteiger partial charge in [0.15, 0.2) is 9.84 Å². The van der Waals surface area contributed by atoms with Gasteiger partial charge < -0.3 is 16.2 Å². The summed E-state index contributed by atoms with van der Waals surface area (Å²) in [6.45, 7) is 0. The highest BCUT2D eigenvalue weighted by Crippen LogP contribution is 2.21. The van der Waals surface area contributed by atoms with Gasteiger partial charge in [0, 0.05) is 11.8 Å². The third-order valence-electron chi connectivity index (χ3n) is 1.99. The molecule has 0 saturated carbocycles. The van der Waals surface area contributed by atoms with Crippen LogP contribution in [0, 0.1) is 0 Å². The molecule has 7 nitrogen and oxygen atoms in total. The average Bonchev–Trinajstić information content (AvgIpc) is 2.27. The van der Waals surface area contributed by atoms with E-state index in [4.69, 9.17) is 16.2 Å². The third kappa shape index (κ3) is 3.74. The molecule has 0 saturated heterocycles. The molecule has 0 radical (unpaired) electrons. The molecule has 0 unspecified atom stereocenters. The van der Waals surface area contributed by atoms with E-state index in [1.54, 1.807) is 12.1 Å². The molecule has 98 valence electrons. The van der Waals surface area contributed by atoms with Gasteiger partial charge in [0.1, 0.15) is 5.75 Å². The maximum absolute atomic E-state index is 11.6. The summed E-state index contributed by atoms with van der Waals surface area (Å²) in [4.78, 5) is 0.0939. The maximum Gasteiger partial charge on any atom is 0.211 e. The zero-order chi connectivity index (χ0) is 13.8. The molecule has 0 aliphatic heterocycles. The summed E-state index contributed by atoms with van der Waals surface area (Å²) in [5, 5.41) is 6.98. The van der Waals surface area contributed by atoms with Gasteiger partial charge in [-0.25, -0.2) is 8.42 Å². The van der Waals surface area contributed by atoms with Crippen LogP contribution in [0.2, 0.25) is 0 Å². The summed E-state index contributed by atoms with van der Waals surface area (Å²) in [6, 6.07) is 4.58. The van der Waals surface area contributed by atoms with E-state index in [-0.39, 0.29) is 10.9 Å². The molecule has 1 aromatic rings. The lowest BCUT2D eigenvalue weighted by atomic mass is 10.2. The van der Waals surface area contributed by atoms with Crippen molar-refractivity contribution in [1.29, 1.82) is 0 Å². The van der Waals surface area contributed by atoms with Gasteiger partial charge in [-0.15, -0.1) is 5.10 Å². The van der Waals surface area contributed by atoms with Crippen LogP contribution < -0.4 is 16.2 Å². The molecular weight excluding hydrogens is 256 g/mol. The Morgan fingerprint density at radius 3 is 2.56 bits per heavy atom. The van der Waals surface area contributed by atoms with Crippen LogP contribution >= 0.6 is 0 Å². The van der Waals surface area contributed by atoms with E-state index < -0.39 is 9.84 Å². The van der Waals surface area contributed by atoms with Crippen LogP contribution in [0.5, 0.6) is 5.75 Å². The molecule has 0 spiro atoms. The quantitative estimate of drug-likeness (QED) is 0.442. The van der Waals surface area contributed by atoms with Crippen molar-refractivity contribution in [3.63, 3.8) is 0 Å². The van der Waals surface area contributed by atoms with Crippen molar-refractivity contribution < 1.29 is 13.2 Å². The lowest BCUT2D eigenvalue weighted by Crippen LogP contribution is -2.21. The van der Waals surface area contributed by atoms with Gasteiger partial charge in [-0.05, 0) is 18.2 Å². The molecule has 0 bridgehead atoms. The zero-order valence-electron chi connectivity index (χ0n) is 9.99. The molecule has 0 fully saturated rings. The molecule has 0 aromatic heterocycles. The van der Waals surface area contributed by atoms with Crippen LogP contribution in [0.3, 0.4) is 0 Å². The normalized spacial score (nSPS) is 11.4. The molecule has 0 aliphatic rings. The van der Waals surface area contributed by atoms with Crippen LogP contribution in [0.15, 0.2) is 33.3 Å². The Balaban J connectivity index is 3.28. The number of nitrogens with two attached hydrogens (primary N) is 2. The molecule has 1 aromatic carbocycles. The predicted octanol–water partition coefficient (Wildman–Crippen LogP) is -0.294. The van der Waals surface area contributed by atoms with Crippen LogP contribution in [-0.2, 0) is 9.84 Å². The average molecular weight is 270 g/mol. The third-order valence-corrected chi connectivity index (χ3v) is 3.14. The number of rotatable bonds is 4. The second kappa shape index (κ2) is 5.50. The monoisotopic (exact) mass is 270 g/mol. The van der Waals surface area contributed by atoms with Crippen molar-refractivity contribution >= 4 is 22.0 Å². The van der Waals surface area contributed by atoms with Crippen molar-refractivity contribution in [1.82, 2.24) is 0 Å². The number of sulfone groups is 1. The minimum atomic E-state index is -3.40. The van der Waals surface area contributed by atoms with E-state index in [1.165, 1.54) is 19.4 Å². The summed E-state index contributed by atoms with van der Waals surface area (Å²) in [7, 11) is -1.95. The first-order valence-electron chi connectivity index (χ1n) is 4.84. The molecule has 0 amide bonds. The maximum atomic E-state index is 11.6. The van der Waals surface area contributed by atoms with E-state index in [9.17, 15) is 8.42 Å².